The normalized spacial score (nSPS) is 11.9. The van der Waals surface area contributed by atoms with Crippen molar-refractivity contribution in [3.8, 4) is 10.4 Å². The third-order valence-corrected chi connectivity index (χ3v) is 6.97. The highest BCUT2D eigenvalue weighted by Gasteiger charge is 2.30. The van der Waals surface area contributed by atoms with E-state index in [9.17, 15) is 26.4 Å². The van der Waals surface area contributed by atoms with Gasteiger partial charge in [0, 0.05) is 22.7 Å². The first-order valence-corrected chi connectivity index (χ1v) is 12.4. The Morgan fingerprint density at radius 1 is 1.03 bits per heavy atom. The van der Waals surface area contributed by atoms with Crippen LogP contribution in [-0.4, -0.2) is 21.0 Å². The van der Waals surface area contributed by atoms with Crippen LogP contribution in [-0.2, 0) is 16.2 Å². The van der Waals surface area contributed by atoms with Crippen LogP contribution >= 0.6 is 11.3 Å². The Bertz CT molecular complexity index is 1210. The van der Waals surface area contributed by atoms with Gasteiger partial charge >= 0.3 is 12.2 Å². The van der Waals surface area contributed by atoms with E-state index >= 15 is 0 Å². The molecule has 1 heterocycles. The predicted molar refractivity (Wildman–Crippen MR) is 124 cm³/mol. The lowest BCUT2D eigenvalue weighted by Crippen LogP contribution is -2.25. The summed E-state index contributed by atoms with van der Waals surface area (Å²) in [5.41, 5.74) is -0.159. The molecule has 2 amide bonds. The molecule has 0 radical (unpaired) electrons. The lowest BCUT2D eigenvalue weighted by atomic mass is 10.1. The molecule has 3 N–H and O–H groups in total. The maximum Gasteiger partial charge on any atom is 0.416 e. The van der Waals surface area contributed by atoms with E-state index in [1.807, 2.05) is 24.4 Å². The van der Waals surface area contributed by atoms with Crippen LogP contribution in [0.3, 0.4) is 0 Å². The van der Waals surface area contributed by atoms with Crippen LogP contribution < -0.4 is 15.4 Å². The number of amides is 2. The van der Waals surface area contributed by atoms with Gasteiger partial charge in [-0.15, -0.1) is 11.3 Å². The highest BCUT2D eigenvalue weighted by atomic mass is 32.2. The maximum absolute atomic E-state index is 12.9. The second kappa shape index (κ2) is 10.4. The van der Waals surface area contributed by atoms with E-state index in [1.54, 1.807) is 6.07 Å². The summed E-state index contributed by atoms with van der Waals surface area (Å²) < 4.78 is 66.6. The standard InChI is InChI=1S/C22H22F3N3O3S2/c1-2-3-11-26-33(30,31)17-9-10-18(20-8-5-12-32-20)19(14-17)28-21(29)27-16-7-4-6-15(13-16)22(23,24)25/h4-10,12-14,26H,2-3,11H2,1H3,(H2,27,28,29). The average molecular weight is 498 g/mol. The highest BCUT2D eigenvalue weighted by Crippen LogP contribution is 2.34. The van der Waals surface area contributed by atoms with Crippen molar-refractivity contribution in [2.75, 3.05) is 17.2 Å². The average Bonchev–Trinajstić information content (AvgIpc) is 3.28. The minimum absolute atomic E-state index is 0.0340. The highest BCUT2D eigenvalue weighted by molar-refractivity contribution is 7.89. The van der Waals surface area contributed by atoms with Crippen molar-refractivity contribution in [1.29, 1.82) is 0 Å². The summed E-state index contributed by atoms with van der Waals surface area (Å²) in [6, 6.07) is 11.4. The van der Waals surface area contributed by atoms with Crippen LogP contribution in [0, 0.1) is 0 Å². The van der Waals surface area contributed by atoms with Crippen molar-refractivity contribution in [1.82, 2.24) is 4.72 Å². The van der Waals surface area contributed by atoms with Gasteiger partial charge in [0.25, 0.3) is 0 Å². The summed E-state index contributed by atoms with van der Waals surface area (Å²) in [7, 11) is -3.80. The fourth-order valence-corrected chi connectivity index (χ4v) is 4.83. The van der Waals surface area contributed by atoms with Gasteiger partial charge in [-0.05, 0) is 48.2 Å². The fourth-order valence-electron chi connectivity index (χ4n) is 2.97. The van der Waals surface area contributed by atoms with E-state index in [0.717, 1.165) is 23.4 Å². The minimum Gasteiger partial charge on any atom is -0.308 e. The third kappa shape index (κ3) is 6.56. The van der Waals surface area contributed by atoms with Crippen molar-refractivity contribution in [2.24, 2.45) is 0 Å². The Hall–Kier alpha value is -2.89. The Morgan fingerprint density at radius 2 is 1.82 bits per heavy atom. The summed E-state index contributed by atoms with van der Waals surface area (Å²) in [6.45, 7) is 2.22. The second-order valence-electron chi connectivity index (χ2n) is 7.09. The van der Waals surface area contributed by atoms with Gasteiger partial charge in [0.1, 0.15) is 0 Å². The molecule has 0 fully saturated rings. The number of urea groups is 1. The molecule has 6 nitrogen and oxygen atoms in total. The first-order chi connectivity index (χ1) is 15.6. The Kier molecular flexibility index (Phi) is 7.77. The lowest BCUT2D eigenvalue weighted by Gasteiger charge is -2.14. The van der Waals surface area contributed by atoms with Crippen molar-refractivity contribution in [3.05, 3.63) is 65.5 Å². The van der Waals surface area contributed by atoms with Gasteiger partial charge < -0.3 is 10.6 Å². The monoisotopic (exact) mass is 497 g/mol. The number of alkyl halides is 3. The van der Waals surface area contributed by atoms with E-state index in [0.29, 0.717) is 12.0 Å². The van der Waals surface area contributed by atoms with E-state index in [2.05, 4.69) is 15.4 Å². The molecular weight excluding hydrogens is 475 g/mol. The number of rotatable bonds is 8. The number of carbonyl (C=O) groups is 1. The molecule has 0 aliphatic rings. The van der Waals surface area contributed by atoms with Crippen molar-refractivity contribution in [3.63, 3.8) is 0 Å². The van der Waals surface area contributed by atoms with Gasteiger partial charge in [0.15, 0.2) is 0 Å². The van der Waals surface area contributed by atoms with Crippen LogP contribution in [0.1, 0.15) is 25.3 Å². The number of carbonyl (C=O) groups excluding carboxylic acids is 1. The molecule has 33 heavy (non-hydrogen) atoms. The molecule has 0 saturated heterocycles. The number of hydrogen-bond acceptors (Lipinski definition) is 4. The summed E-state index contributed by atoms with van der Waals surface area (Å²) >= 11 is 1.39. The zero-order chi connectivity index (χ0) is 24.1. The smallest absolute Gasteiger partial charge is 0.308 e. The van der Waals surface area contributed by atoms with Crippen LogP contribution in [0.5, 0.6) is 0 Å². The third-order valence-electron chi connectivity index (χ3n) is 4.61. The first kappa shape index (κ1) is 24.7. The summed E-state index contributed by atoms with van der Waals surface area (Å²) in [4.78, 5) is 13.3. The predicted octanol–water partition coefficient (Wildman–Crippen LogP) is 6.16. The van der Waals surface area contributed by atoms with Crippen LogP contribution in [0.15, 0.2) is 64.9 Å². The van der Waals surface area contributed by atoms with E-state index in [1.165, 1.54) is 35.6 Å². The van der Waals surface area contributed by atoms with Gasteiger partial charge in [0.2, 0.25) is 10.0 Å². The molecule has 2 aromatic carbocycles. The largest absolute Gasteiger partial charge is 0.416 e. The molecule has 0 bridgehead atoms. The van der Waals surface area contributed by atoms with Gasteiger partial charge in [-0.25, -0.2) is 17.9 Å². The Labute approximate surface area is 193 Å². The number of unbranched alkanes of at least 4 members (excludes halogenated alkanes) is 1. The van der Waals surface area contributed by atoms with Gasteiger partial charge in [-0.1, -0.05) is 31.5 Å². The molecule has 11 heteroatoms. The van der Waals surface area contributed by atoms with Gasteiger partial charge in [0.05, 0.1) is 16.1 Å². The molecule has 0 atom stereocenters. The second-order valence-corrected chi connectivity index (χ2v) is 9.81. The van der Waals surface area contributed by atoms with Crippen LogP contribution in [0.4, 0.5) is 29.3 Å². The number of hydrogen-bond donors (Lipinski definition) is 3. The van der Waals surface area contributed by atoms with Crippen molar-refractivity contribution < 1.29 is 26.4 Å². The fraction of sp³-hybridized carbons (Fsp3) is 0.227. The van der Waals surface area contributed by atoms with Crippen molar-refractivity contribution >= 4 is 38.8 Å². The number of anilines is 2. The quantitative estimate of drug-likeness (QED) is 0.326. The maximum atomic E-state index is 12.9. The molecule has 0 spiro atoms. The molecule has 176 valence electrons. The number of nitrogens with one attached hydrogen (secondary N) is 3. The van der Waals surface area contributed by atoms with E-state index in [-0.39, 0.29) is 22.8 Å². The number of benzene rings is 2. The molecule has 0 saturated carbocycles. The summed E-state index contributed by atoms with van der Waals surface area (Å²) in [5.74, 6) is 0. The number of sulfonamides is 1. The molecular formula is C22H22F3N3O3S2. The van der Waals surface area contributed by atoms with Crippen LogP contribution in [0.2, 0.25) is 0 Å². The SMILES string of the molecule is CCCCNS(=O)(=O)c1ccc(-c2cccs2)c(NC(=O)Nc2cccc(C(F)(F)F)c2)c1. The summed E-state index contributed by atoms with van der Waals surface area (Å²) in [5, 5.41) is 6.76. The summed E-state index contributed by atoms with van der Waals surface area (Å²) in [6.07, 6.45) is -3.05. The number of thiophene rings is 1. The topological polar surface area (TPSA) is 87.3 Å². The van der Waals surface area contributed by atoms with E-state index in [4.69, 9.17) is 0 Å². The molecule has 0 aliphatic carbocycles. The minimum atomic E-state index is -4.55. The number of halogens is 3. The lowest BCUT2D eigenvalue weighted by molar-refractivity contribution is -0.137. The molecule has 0 aliphatic heterocycles. The zero-order valence-corrected chi connectivity index (χ0v) is 19.2. The Balaban J connectivity index is 1.88. The molecule has 0 unspecified atom stereocenters. The molecule has 3 rings (SSSR count). The van der Waals surface area contributed by atoms with Gasteiger partial charge in [-0.2, -0.15) is 13.2 Å². The Morgan fingerprint density at radius 3 is 2.48 bits per heavy atom. The van der Waals surface area contributed by atoms with Crippen molar-refractivity contribution in [2.45, 2.75) is 30.8 Å². The molecule has 1 aromatic heterocycles. The van der Waals surface area contributed by atoms with Crippen LogP contribution in [0.25, 0.3) is 10.4 Å². The zero-order valence-electron chi connectivity index (χ0n) is 17.6. The first-order valence-electron chi connectivity index (χ1n) is 10.0. The van der Waals surface area contributed by atoms with E-state index < -0.39 is 27.8 Å². The molecule has 3 aromatic rings. The van der Waals surface area contributed by atoms with Gasteiger partial charge in [-0.3, -0.25) is 0 Å².